The van der Waals surface area contributed by atoms with Gasteiger partial charge in [0.1, 0.15) is 6.04 Å². The lowest BCUT2D eigenvalue weighted by Crippen LogP contribution is -2.37. The lowest BCUT2D eigenvalue weighted by Gasteiger charge is -2.07. The van der Waals surface area contributed by atoms with Crippen LogP contribution in [0.1, 0.15) is 0 Å². The predicted octanol–water partition coefficient (Wildman–Crippen LogP) is -0.451. The minimum atomic E-state index is -0.999. The zero-order valence-electron chi connectivity index (χ0n) is 5.53. The number of nitrogens with one attached hydrogen (secondary N) is 1. The van der Waals surface area contributed by atoms with Crippen molar-refractivity contribution in [3.05, 3.63) is 0 Å². The molecule has 0 saturated carbocycles. The minimum absolute atomic E-state index is 0.397. The average Bonchev–Trinajstić information content (AvgIpc) is 1.87. The van der Waals surface area contributed by atoms with Crippen LogP contribution in [0.3, 0.4) is 0 Å². The minimum Gasteiger partial charge on any atom is -0.480 e. The maximum atomic E-state index is 10.2. The van der Waals surface area contributed by atoms with Gasteiger partial charge in [-0.3, -0.25) is 4.79 Å². The van der Waals surface area contributed by atoms with Gasteiger partial charge in [-0.25, -0.2) is 4.79 Å². The van der Waals surface area contributed by atoms with Crippen molar-refractivity contribution in [3.63, 3.8) is 0 Å². The molecule has 0 radical (unpaired) electrons. The Labute approximate surface area is 63.0 Å². The van der Waals surface area contributed by atoms with Crippen LogP contribution in [0.25, 0.3) is 0 Å². The molecule has 0 aromatic rings. The number of amides is 1. The Hall–Kier alpha value is -0.710. The Morgan fingerprint density at radius 1 is 1.90 bits per heavy atom. The van der Waals surface area contributed by atoms with E-state index in [-0.39, 0.29) is 0 Å². The molecule has 0 saturated heterocycles. The lowest BCUT2D eigenvalue weighted by atomic mass is 10.3. The second-order valence-corrected chi connectivity index (χ2v) is 2.54. The molecule has 0 aliphatic carbocycles. The molecule has 5 heteroatoms. The molecule has 1 atom stereocenters. The molecule has 4 nitrogen and oxygen atoms in total. The van der Waals surface area contributed by atoms with Crippen molar-refractivity contribution >= 4 is 24.1 Å². The molecule has 0 fully saturated rings. The molecule has 0 rings (SSSR count). The van der Waals surface area contributed by atoms with Crippen LogP contribution in [0.5, 0.6) is 0 Å². The lowest BCUT2D eigenvalue weighted by molar-refractivity contribution is -0.139. The first-order valence-electron chi connectivity index (χ1n) is 2.63. The summed E-state index contributed by atoms with van der Waals surface area (Å²) in [4.78, 5) is 20.1. The van der Waals surface area contributed by atoms with E-state index in [0.717, 1.165) is 0 Å². The first-order chi connectivity index (χ1) is 4.72. The molecule has 0 aliphatic rings. The van der Waals surface area contributed by atoms with Gasteiger partial charge in [0.2, 0.25) is 6.41 Å². The van der Waals surface area contributed by atoms with Crippen LogP contribution in [0.15, 0.2) is 0 Å². The molecule has 0 unspecified atom stereocenters. The molecule has 10 heavy (non-hydrogen) atoms. The number of carbonyl (C=O) groups excluding carboxylic acids is 1. The fourth-order valence-electron chi connectivity index (χ4n) is 0.439. The highest BCUT2D eigenvalue weighted by atomic mass is 32.2. The Morgan fingerprint density at radius 3 is 2.80 bits per heavy atom. The second kappa shape index (κ2) is 5.10. The fourth-order valence-corrected chi connectivity index (χ4v) is 1.01. The smallest absolute Gasteiger partial charge is 0.327 e. The van der Waals surface area contributed by atoms with Gasteiger partial charge in [-0.15, -0.1) is 0 Å². The van der Waals surface area contributed by atoms with Crippen LogP contribution >= 0.6 is 11.8 Å². The van der Waals surface area contributed by atoms with E-state index in [2.05, 4.69) is 5.32 Å². The predicted molar refractivity (Wildman–Crippen MR) is 39.0 cm³/mol. The summed E-state index contributed by atoms with van der Waals surface area (Å²) in [5.74, 6) is -0.602. The van der Waals surface area contributed by atoms with E-state index in [4.69, 9.17) is 5.11 Å². The standard InChI is InChI=1S/C5H9NO3S/c1-10-2-4(5(8)9)6-3-7/h3-4H,2H2,1H3,(H,6,7)(H,8,9)/t4-/m0/s1. The SMILES string of the molecule is CSC[C@H](NC=O)C(=O)O. The molecule has 0 aromatic heterocycles. The summed E-state index contributed by atoms with van der Waals surface area (Å²) in [5.41, 5.74) is 0. The number of hydrogen-bond acceptors (Lipinski definition) is 3. The summed E-state index contributed by atoms with van der Waals surface area (Å²) >= 11 is 1.38. The van der Waals surface area contributed by atoms with Crippen LogP contribution in [0.4, 0.5) is 0 Å². The van der Waals surface area contributed by atoms with Gasteiger partial charge in [0.15, 0.2) is 0 Å². The molecule has 1 amide bonds. The fraction of sp³-hybridized carbons (Fsp3) is 0.600. The van der Waals surface area contributed by atoms with E-state index in [0.29, 0.717) is 12.2 Å². The summed E-state index contributed by atoms with van der Waals surface area (Å²) in [6.45, 7) is 0. The van der Waals surface area contributed by atoms with Gasteiger partial charge >= 0.3 is 5.97 Å². The Bertz CT molecular complexity index is 128. The highest BCUT2D eigenvalue weighted by Gasteiger charge is 2.13. The molecule has 0 aliphatic heterocycles. The number of aliphatic carboxylic acids is 1. The van der Waals surface area contributed by atoms with E-state index >= 15 is 0 Å². The van der Waals surface area contributed by atoms with Gasteiger partial charge in [-0.05, 0) is 6.26 Å². The largest absolute Gasteiger partial charge is 0.480 e. The maximum Gasteiger partial charge on any atom is 0.327 e. The Balaban J connectivity index is 3.71. The van der Waals surface area contributed by atoms with Crippen molar-refractivity contribution in [1.82, 2.24) is 5.32 Å². The molecular formula is C5H9NO3S. The zero-order valence-corrected chi connectivity index (χ0v) is 6.35. The molecule has 0 aromatic carbocycles. The molecule has 2 N–H and O–H groups in total. The molecule has 0 heterocycles. The first kappa shape index (κ1) is 9.29. The summed E-state index contributed by atoms with van der Waals surface area (Å²) in [7, 11) is 0. The summed E-state index contributed by atoms with van der Waals surface area (Å²) in [6, 6.07) is -0.757. The number of carboxylic acids is 1. The van der Waals surface area contributed by atoms with Crippen molar-refractivity contribution in [1.29, 1.82) is 0 Å². The van der Waals surface area contributed by atoms with Gasteiger partial charge in [-0.2, -0.15) is 11.8 Å². The number of rotatable bonds is 5. The third kappa shape index (κ3) is 3.34. The Kier molecular flexibility index (Phi) is 4.74. The van der Waals surface area contributed by atoms with Gasteiger partial charge < -0.3 is 10.4 Å². The van der Waals surface area contributed by atoms with Crippen LogP contribution < -0.4 is 5.32 Å². The van der Waals surface area contributed by atoms with Crippen molar-refractivity contribution in [2.24, 2.45) is 0 Å². The summed E-state index contributed by atoms with van der Waals surface area (Å²) in [6.07, 6.45) is 2.18. The zero-order chi connectivity index (χ0) is 7.98. The van der Waals surface area contributed by atoms with Crippen LogP contribution in [0.2, 0.25) is 0 Å². The molecule has 0 bridgehead atoms. The molecule has 0 spiro atoms. The van der Waals surface area contributed by atoms with E-state index in [1.807, 2.05) is 0 Å². The second-order valence-electron chi connectivity index (χ2n) is 1.63. The van der Waals surface area contributed by atoms with E-state index in [9.17, 15) is 9.59 Å². The first-order valence-corrected chi connectivity index (χ1v) is 4.03. The monoisotopic (exact) mass is 163 g/mol. The maximum absolute atomic E-state index is 10.2. The molecule has 58 valence electrons. The number of hydrogen-bond donors (Lipinski definition) is 2. The van der Waals surface area contributed by atoms with E-state index < -0.39 is 12.0 Å². The van der Waals surface area contributed by atoms with Gasteiger partial charge in [0.25, 0.3) is 0 Å². The van der Waals surface area contributed by atoms with Crippen molar-refractivity contribution < 1.29 is 14.7 Å². The van der Waals surface area contributed by atoms with E-state index in [1.54, 1.807) is 6.26 Å². The Morgan fingerprint density at radius 2 is 2.50 bits per heavy atom. The quantitative estimate of drug-likeness (QED) is 0.539. The van der Waals surface area contributed by atoms with Gasteiger partial charge in [0.05, 0.1) is 0 Å². The van der Waals surface area contributed by atoms with Crippen molar-refractivity contribution in [3.8, 4) is 0 Å². The normalized spacial score (nSPS) is 12.1. The van der Waals surface area contributed by atoms with Gasteiger partial charge in [0, 0.05) is 5.75 Å². The number of carboxylic acid groups (broad SMARTS) is 1. The van der Waals surface area contributed by atoms with Crippen LogP contribution in [-0.4, -0.2) is 35.5 Å². The summed E-state index contributed by atoms with van der Waals surface area (Å²) < 4.78 is 0. The topological polar surface area (TPSA) is 66.4 Å². The van der Waals surface area contributed by atoms with Gasteiger partial charge in [-0.1, -0.05) is 0 Å². The summed E-state index contributed by atoms with van der Waals surface area (Å²) in [5, 5.41) is 10.6. The average molecular weight is 163 g/mol. The highest BCUT2D eigenvalue weighted by molar-refractivity contribution is 7.98. The van der Waals surface area contributed by atoms with Crippen LogP contribution in [0, 0.1) is 0 Å². The molecular weight excluding hydrogens is 154 g/mol. The van der Waals surface area contributed by atoms with Crippen LogP contribution in [-0.2, 0) is 9.59 Å². The highest BCUT2D eigenvalue weighted by Crippen LogP contribution is 1.95. The number of carbonyl (C=O) groups is 2. The van der Waals surface area contributed by atoms with Crippen molar-refractivity contribution in [2.75, 3.05) is 12.0 Å². The third-order valence-corrected chi connectivity index (χ3v) is 1.57. The number of thioether (sulfide) groups is 1. The van der Waals surface area contributed by atoms with E-state index in [1.165, 1.54) is 11.8 Å². The third-order valence-electron chi connectivity index (χ3n) is 0.901. The van der Waals surface area contributed by atoms with Crippen molar-refractivity contribution in [2.45, 2.75) is 6.04 Å².